The minimum absolute atomic E-state index is 0.00703. The maximum Gasteiger partial charge on any atom is 0.256 e. The number of aryl methyl sites for hydroxylation is 1. The van der Waals surface area contributed by atoms with Gasteiger partial charge in [-0.25, -0.2) is 0 Å². The van der Waals surface area contributed by atoms with Gasteiger partial charge in [-0.1, -0.05) is 54.6 Å². The van der Waals surface area contributed by atoms with Gasteiger partial charge >= 0.3 is 0 Å². The molecule has 0 fully saturated rings. The van der Waals surface area contributed by atoms with Crippen LogP contribution in [0.2, 0.25) is 0 Å². The van der Waals surface area contributed by atoms with E-state index in [1.54, 1.807) is 11.3 Å². The molecule has 3 aromatic heterocycles. The summed E-state index contributed by atoms with van der Waals surface area (Å²) in [6, 6.07) is 25.2. The first-order valence-corrected chi connectivity index (χ1v) is 14.2. The SMILES string of the molecule is O=C(Nc1ccccc1CC(c1c[nH]c2ccccc12)c1c[nH]c2ccccc12)c1csc2c1CCCC2. The highest BCUT2D eigenvalue weighted by atomic mass is 32.1. The van der Waals surface area contributed by atoms with E-state index in [-0.39, 0.29) is 11.8 Å². The first kappa shape index (κ1) is 23.1. The highest BCUT2D eigenvalue weighted by Crippen LogP contribution is 2.38. The molecule has 0 radical (unpaired) electrons. The van der Waals surface area contributed by atoms with Crippen LogP contribution in [0.3, 0.4) is 0 Å². The van der Waals surface area contributed by atoms with Gasteiger partial charge in [0.15, 0.2) is 0 Å². The molecule has 0 unspecified atom stereocenters. The number of para-hydroxylation sites is 3. The second-order valence-corrected chi connectivity index (χ2v) is 11.2. The zero-order valence-electron chi connectivity index (χ0n) is 21.1. The molecule has 4 nitrogen and oxygen atoms in total. The lowest BCUT2D eigenvalue weighted by Crippen LogP contribution is -2.16. The first-order valence-electron chi connectivity index (χ1n) is 13.4. The molecule has 0 bridgehead atoms. The van der Waals surface area contributed by atoms with E-state index in [4.69, 9.17) is 0 Å². The van der Waals surface area contributed by atoms with Crippen molar-refractivity contribution in [2.24, 2.45) is 0 Å². The Labute approximate surface area is 225 Å². The molecule has 3 N–H and O–H groups in total. The fourth-order valence-electron chi connectivity index (χ4n) is 6.07. The summed E-state index contributed by atoms with van der Waals surface area (Å²) in [7, 11) is 0. The van der Waals surface area contributed by atoms with E-state index in [2.05, 4.69) is 93.7 Å². The number of anilines is 1. The third-order valence-electron chi connectivity index (χ3n) is 7.99. The van der Waals surface area contributed by atoms with Crippen LogP contribution in [0.15, 0.2) is 90.6 Å². The monoisotopic (exact) mass is 515 g/mol. The van der Waals surface area contributed by atoms with Gasteiger partial charge in [0.05, 0.1) is 5.56 Å². The number of H-pyrrole nitrogens is 2. The average molecular weight is 516 g/mol. The molecule has 6 aromatic rings. The number of benzene rings is 3. The number of amides is 1. The number of aromatic amines is 2. The Morgan fingerprint density at radius 2 is 1.45 bits per heavy atom. The van der Waals surface area contributed by atoms with Crippen LogP contribution in [0.5, 0.6) is 0 Å². The molecule has 3 aromatic carbocycles. The fourth-order valence-corrected chi connectivity index (χ4v) is 7.19. The van der Waals surface area contributed by atoms with Gasteiger partial charge in [-0.2, -0.15) is 0 Å². The summed E-state index contributed by atoms with van der Waals surface area (Å²) in [6.45, 7) is 0. The van der Waals surface area contributed by atoms with Gasteiger partial charge in [0.1, 0.15) is 0 Å². The molecule has 38 heavy (non-hydrogen) atoms. The van der Waals surface area contributed by atoms with Crippen LogP contribution in [0.1, 0.15) is 56.2 Å². The largest absolute Gasteiger partial charge is 0.361 e. The van der Waals surface area contributed by atoms with Gasteiger partial charge in [-0.3, -0.25) is 4.79 Å². The van der Waals surface area contributed by atoms with Gasteiger partial charge in [0.25, 0.3) is 5.91 Å². The lowest BCUT2D eigenvalue weighted by molar-refractivity contribution is 0.102. The van der Waals surface area contributed by atoms with Crippen LogP contribution >= 0.6 is 11.3 Å². The number of nitrogens with one attached hydrogen (secondary N) is 3. The van der Waals surface area contributed by atoms with Crippen LogP contribution in [-0.2, 0) is 19.3 Å². The Bertz CT molecular complexity index is 1700. The molecular formula is C33H29N3OS. The molecule has 0 spiro atoms. The first-order chi connectivity index (χ1) is 18.8. The normalized spacial score (nSPS) is 13.3. The van der Waals surface area contributed by atoms with Crippen LogP contribution in [0.4, 0.5) is 5.69 Å². The molecule has 5 heteroatoms. The van der Waals surface area contributed by atoms with Crippen molar-refractivity contribution in [1.82, 2.24) is 9.97 Å². The summed E-state index contributed by atoms with van der Waals surface area (Å²) in [5, 5.41) is 7.80. The number of thiophene rings is 1. The molecule has 3 heterocycles. The Kier molecular flexibility index (Phi) is 5.86. The summed E-state index contributed by atoms with van der Waals surface area (Å²) < 4.78 is 0. The van der Waals surface area contributed by atoms with E-state index < -0.39 is 0 Å². The molecule has 0 saturated carbocycles. The predicted molar refractivity (Wildman–Crippen MR) is 158 cm³/mol. The number of carbonyl (C=O) groups is 1. The number of hydrogen-bond acceptors (Lipinski definition) is 2. The van der Waals surface area contributed by atoms with Gasteiger partial charge < -0.3 is 15.3 Å². The maximum atomic E-state index is 13.5. The molecule has 1 amide bonds. The lowest BCUT2D eigenvalue weighted by Gasteiger charge is -2.20. The lowest BCUT2D eigenvalue weighted by atomic mass is 9.85. The highest BCUT2D eigenvalue weighted by molar-refractivity contribution is 7.10. The van der Waals surface area contributed by atoms with E-state index in [1.807, 2.05) is 12.1 Å². The number of aromatic nitrogens is 2. The van der Waals surface area contributed by atoms with Gasteiger partial charge in [-0.05, 0) is 72.6 Å². The highest BCUT2D eigenvalue weighted by Gasteiger charge is 2.24. The molecule has 1 aliphatic carbocycles. The third kappa shape index (κ3) is 4.04. The zero-order chi connectivity index (χ0) is 25.5. The van der Waals surface area contributed by atoms with Gasteiger partial charge in [0, 0.05) is 56.1 Å². The van der Waals surface area contributed by atoms with E-state index in [9.17, 15) is 4.79 Å². The summed E-state index contributed by atoms with van der Waals surface area (Å²) in [5.74, 6) is 0.113. The van der Waals surface area contributed by atoms with Crippen molar-refractivity contribution in [2.45, 2.75) is 38.0 Å². The van der Waals surface area contributed by atoms with E-state index >= 15 is 0 Å². The Hall–Kier alpha value is -4.09. The van der Waals surface area contributed by atoms with Crippen LogP contribution in [0, 0.1) is 0 Å². The van der Waals surface area contributed by atoms with E-state index in [1.165, 1.54) is 38.8 Å². The standard InChI is InChI=1S/C33H29N3OS/c37-33(28-20-38-32-16-8-4-12-24(28)32)36-29-13-5-1-9-21(29)17-25(26-18-34-30-14-6-2-10-22(26)30)27-19-35-31-15-7-3-11-23(27)31/h1-3,5-7,9-11,13-15,18-20,25,34-35H,4,8,12,16-17H2,(H,36,37). The zero-order valence-corrected chi connectivity index (χ0v) is 21.9. The molecule has 0 saturated heterocycles. The molecular weight excluding hydrogens is 486 g/mol. The summed E-state index contributed by atoms with van der Waals surface area (Å²) in [6.07, 6.45) is 9.55. The minimum Gasteiger partial charge on any atom is -0.361 e. The quantitative estimate of drug-likeness (QED) is 0.206. The summed E-state index contributed by atoms with van der Waals surface area (Å²) >= 11 is 1.74. The van der Waals surface area contributed by atoms with Crippen molar-refractivity contribution in [1.29, 1.82) is 0 Å². The van der Waals surface area contributed by atoms with E-state index in [0.29, 0.717) is 0 Å². The summed E-state index contributed by atoms with van der Waals surface area (Å²) in [4.78, 5) is 21.8. The molecule has 1 aliphatic rings. The molecule has 0 aliphatic heterocycles. The Morgan fingerprint density at radius 3 is 2.18 bits per heavy atom. The number of carbonyl (C=O) groups excluding carboxylic acids is 1. The second kappa shape index (κ2) is 9.66. The average Bonchev–Trinajstić information content (AvgIpc) is 3.69. The topological polar surface area (TPSA) is 60.7 Å². The van der Waals surface area contributed by atoms with Crippen LogP contribution in [-0.4, -0.2) is 15.9 Å². The fraction of sp³-hybridized carbons (Fsp3) is 0.182. The number of rotatable bonds is 6. The van der Waals surface area contributed by atoms with Crippen LogP contribution in [0.25, 0.3) is 21.8 Å². The van der Waals surface area contributed by atoms with Crippen molar-refractivity contribution in [3.8, 4) is 0 Å². The minimum atomic E-state index is 0.00703. The van der Waals surface area contributed by atoms with Crippen molar-refractivity contribution in [3.05, 3.63) is 123 Å². The molecule has 7 rings (SSSR count). The van der Waals surface area contributed by atoms with Crippen molar-refractivity contribution >= 4 is 44.7 Å². The smallest absolute Gasteiger partial charge is 0.256 e. The second-order valence-electron chi connectivity index (χ2n) is 10.2. The van der Waals surface area contributed by atoms with Gasteiger partial charge in [-0.15, -0.1) is 11.3 Å². The van der Waals surface area contributed by atoms with E-state index in [0.717, 1.165) is 53.5 Å². The van der Waals surface area contributed by atoms with Crippen molar-refractivity contribution in [2.75, 3.05) is 5.32 Å². The van der Waals surface area contributed by atoms with Gasteiger partial charge in [0.2, 0.25) is 0 Å². The summed E-state index contributed by atoms with van der Waals surface area (Å²) in [5.41, 5.74) is 8.92. The molecule has 188 valence electrons. The molecule has 0 atom stereocenters. The number of fused-ring (bicyclic) bond motifs is 3. The van der Waals surface area contributed by atoms with Crippen molar-refractivity contribution < 1.29 is 4.79 Å². The predicted octanol–water partition coefficient (Wildman–Crippen LogP) is 8.22. The van der Waals surface area contributed by atoms with Crippen LogP contribution < -0.4 is 5.32 Å². The Morgan fingerprint density at radius 1 is 0.816 bits per heavy atom. The Balaban J connectivity index is 1.28. The third-order valence-corrected chi connectivity index (χ3v) is 9.08. The maximum absolute atomic E-state index is 13.5. The number of hydrogen-bond donors (Lipinski definition) is 3. The van der Waals surface area contributed by atoms with Crippen molar-refractivity contribution in [3.63, 3.8) is 0 Å².